The van der Waals surface area contributed by atoms with Crippen LogP contribution in [-0.4, -0.2) is 19.6 Å². The lowest BCUT2D eigenvalue weighted by molar-refractivity contribution is -0.909. The van der Waals surface area contributed by atoms with Gasteiger partial charge in [-0.15, -0.1) is 0 Å². The van der Waals surface area contributed by atoms with Crippen molar-refractivity contribution in [2.24, 2.45) is 5.92 Å². The normalized spacial score (nSPS) is 16.5. The highest BCUT2D eigenvalue weighted by atomic mass is 79.9. The first-order chi connectivity index (χ1) is 22.9. The first-order valence-electron chi connectivity index (χ1n) is 22.7. The second-order valence-electron chi connectivity index (χ2n) is 16.3. The lowest BCUT2D eigenvalue weighted by atomic mass is 9.92. The lowest BCUT2D eigenvalue weighted by Gasteiger charge is -2.30. The van der Waals surface area contributed by atoms with E-state index in [0.717, 1.165) is 5.92 Å². The minimum atomic E-state index is 0. The molecule has 47 heavy (non-hydrogen) atoms. The number of hydrogen-bond donors (Lipinski definition) is 1. The van der Waals surface area contributed by atoms with Crippen LogP contribution in [-0.2, 0) is 0 Å². The summed E-state index contributed by atoms with van der Waals surface area (Å²) in [5, 5.41) is 0. The van der Waals surface area contributed by atoms with E-state index in [2.05, 4.69) is 13.8 Å². The number of nitrogens with one attached hydrogen (secondary N) is 1. The summed E-state index contributed by atoms with van der Waals surface area (Å²) in [6, 6.07) is 0. The van der Waals surface area contributed by atoms with Gasteiger partial charge in [-0.2, -0.15) is 0 Å². The molecule has 284 valence electrons. The first-order valence-corrected chi connectivity index (χ1v) is 22.7. The second kappa shape index (κ2) is 40.9. The van der Waals surface area contributed by atoms with Crippen molar-refractivity contribution in [1.29, 1.82) is 0 Å². The van der Waals surface area contributed by atoms with Gasteiger partial charge >= 0.3 is 0 Å². The Balaban J connectivity index is 0.0000212. The van der Waals surface area contributed by atoms with Crippen LogP contribution < -0.4 is 21.9 Å². The van der Waals surface area contributed by atoms with Crippen LogP contribution in [0, 0.1) is 5.92 Å². The van der Waals surface area contributed by atoms with E-state index in [1.165, 1.54) is 270 Å². The number of rotatable bonds is 38. The predicted molar refractivity (Wildman–Crippen MR) is 210 cm³/mol. The van der Waals surface area contributed by atoms with Crippen molar-refractivity contribution >= 4 is 0 Å². The molecule has 0 bridgehead atoms. The van der Waals surface area contributed by atoms with Crippen molar-refractivity contribution in [1.82, 2.24) is 0 Å². The third-order valence-electron chi connectivity index (χ3n) is 11.6. The van der Waals surface area contributed by atoms with E-state index >= 15 is 0 Å². The van der Waals surface area contributed by atoms with Gasteiger partial charge in [0.15, 0.2) is 0 Å². The Bertz CT molecular complexity index is 504. The van der Waals surface area contributed by atoms with Crippen LogP contribution in [0.5, 0.6) is 0 Å². The van der Waals surface area contributed by atoms with E-state index in [0.29, 0.717) is 0 Å². The van der Waals surface area contributed by atoms with E-state index < -0.39 is 0 Å². The molecule has 0 aromatic rings. The number of unbranched alkanes of at least 4 members (excludes halogenated alkanes) is 34. The fourth-order valence-electron chi connectivity index (χ4n) is 8.34. The Hall–Kier alpha value is 0.440. The second-order valence-corrected chi connectivity index (χ2v) is 16.3. The van der Waals surface area contributed by atoms with E-state index in [-0.39, 0.29) is 17.0 Å². The van der Waals surface area contributed by atoms with Crippen LogP contribution in [0.1, 0.15) is 264 Å². The van der Waals surface area contributed by atoms with Crippen LogP contribution in [0.3, 0.4) is 0 Å². The summed E-state index contributed by atoms with van der Waals surface area (Å²) in [5.74, 6) is 1.04. The van der Waals surface area contributed by atoms with E-state index in [1.807, 2.05) is 4.90 Å². The number of hydrogen-bond acceptors (Lipinski definition) is 0. The van der Waals surface area contributed by atoms with Gasteiger partial charge in [0.05, 0.1) is 19.6 Å². The molecule has 0 aromatic heterocycles. The fraction of sp³-hybridized carbons (Fsp3) is 1.00. The van der Waals surface area contributed by atoms with Gasteiger partial charge in [-0.1, -0.05) is 232 Å². The Morgan fingerprint density at radius 1 is 0.362 bits per heavy atom. The molecule has 2 unspecified atom stereocenters. The molecule has 0 aromatic carbocycles. The SMILES string of the molecule is CCCCCCCCCCCCCCCCCCCCC1CCC[NH+](CCCCCCCCCCCCCCCCCCCC)C1.[Br-]. The van der Waals surface area contributed by atoms with Crippen molar-refractivity contribution in [2.75, 3.05) is 19.6 Å². The summed E-state index contributed by atoms with van der Waals surface area (Å²) in [6.45, 7) is 9.06. The zero-order valence-electron chi connectivity index (χ0n) is 33.2. The fourth-order valence-corrected chi connectivity index (χ4v) is 8.34. The highest BCUT2D eigenvalue weighted by Crippen LogP contribution is 2.19. The molecule has 1 fully saturated rings. The Morgan fingerprint density at radius 3 is 0.957 bits per heavy atom. The third-order valence-corrected chi connectivity index (χ3v) is 11.6. The molecular formula is C45H92BrN. The number of likely N-dealkylation sites (tertiary alicyclic amines) is 1. The van der Waals surface area contributed by atoms with Gasteiger partial charge in [0.1, 0.15) is 0 Å². The number of halogens is 1. The molecule has 1 N–H and O–H groups in total. The molecule has 0 spiro atoms. The summed E-state index contributed by atoms with van der Waals surface area (Å²) in [7, 11) is 0. The van der Waals surface area contributed by atoms with Gasteiger partial charge in [-0.3, -0.25) is 0 Å². The van der Waals surface area contributed by atoms with Crippen molar-refractivity contribution in [3.63, 3.8) is 0 Å². The smallest absolute Gasteiger partial charge is 0.0799 e. The van der Waals surface area contributed by atoms with Crippen LogP contribution in [0.25, 0.3) is 0 Å². The quantitative estimate of drug-likeness (QED) is 0.0604. The first kappa shape index (κ1) is 47.4. The molecule has 0 aliphatic carbocycles. The molecule has 2 atom stereocenters. The average molecular weight is 727 g/mol. The summed E-state index contributed by atoms with van der Waals surface area (Å²) in [5.41, 5.74) is 0. The zero-order valence-corrected chi connectivity index (χ0v) is 34.7. The van der Waals surface area contributed by atoms with E-state index in [9.17, 15) is 0 Å². The van der Waals surface area contributed by atoms with Crippen LogP contribution in [0.15, 0.2) is 0 Å². The van der Waals surface area contributed by atoms with Crippen LogP contribution in [0.2, 0.25) is 0 Å². The molecule has 1 saturated heterocycles. The average Bonchev–Trinajstić information content (AvgIpc) is 3.07. The highest BCUT2D eigenvalue weighted by molar-refractivity contribution is 4.63. The Labute approximate surface area is 310 Å². The van der Waals surface area contributed by atoms with Crippen molar-refractivity contribution < 1.29 is 21.9 Å². The summed E-state index contributed by atoms with van der Waals surface area (Å²) >= 11 is 0. The van der Waals surface area contributed by atoms with E-state index in [4.69, 9.17) is 0 Å². The summed E-state index contributed by atoms with van der Waals surface area (Å²) in [6.07, 6.45) is 57.9. The molecule has 0 radical (unpaired) electrons. The van der Waals surface area contributed by atoms with Gasteiger partial charge < -0.3 is 21.9 Å². The predicted octanol–water partition coefficient (Wildman–Crippen LogP) is 11.8. The third kappa shape index (κ3) is 36.0. The molecule has 0 amide bonds. The molecule has 0 saturated carbocycles. The highest BCUT2D eigenvalue weighted by Gasteiger charge is 2.22. The topological polar surface area (TPSA) is 4.44 Å². The molecular weight excluding hydrogens is 634 g/mol. The van der Waals surface area contributed by atoms with Gasteiger partial charge in [-0.05, 0) is 32.1 Å². The summed E-state index contributed by atoms with van der Waals surface area (Å²) < 4.78 is 0. The molecule has 1 nitrogen and oxygen atoms in total. The maximum Gasteiger partial charge on any atom is 0.0799 e. The van der Waals surface area contributed by atoms with Crippen molar-refractivity contribution in [3.05, 3.63) is 0 Å². The minimum Gasteiger partial charge on any atom is -1.00 e. The largest absolute Gasteiger partial charge is 1.00 e. The number of quaternary nitrogens is 1. The van der Waals surface area contributed by atoms with Crippen molar-refractivity contribution in [3.8, 4) is 0 Å². The van der Waals surface area contributed by atoms with Gasteiger partial charge in [-0.25, -0.2) is 0 Å². The molecule has 2 heteroatoms. The standard InChI is InChI=1S/C45H91N.BrH/c1-3-5-7-9-11-13-15-17-19-21-23-25-27-29-31-33-35-37-40-45-41-39-43-46(44-45)42-38-36-34-32-30-28-26-24-22-20-18-16-14-12-10-8-6-4-2;/h45H,3-44H2,1-2H3;1H. The lowest BCUT2D eigenvalue weighted by Crippen LogP contribution is -3.13. The Morgan fingerprint density at radius 2 is 0.638 bits per heavy atom. The summed E-state index contributed by atoms with van der Waals surface area (Å²) in [4.78, 5) is 1.95. The monoisotopic (exact) mass is 726 g/mol. The maximum atomic E-state index is 2.31. The minimum absolute atomic E-state index is 0. The van der Waals surface area contributed by atoms with Gasteiger partial charge in [0, 0.05) is 5.92 Å². The van der Waals surface area contributed by atoms with Gasteiger partial charge in [0.2, 0.25) is 0 Å². The molecule has 1 heterocycles. The molecule has 1 rings (SSSR count). The van der Waals surface area contributed by atoms with Crippen LogP contribution in [0.4, 0.5) is 0 Å². The van der Waals surface area contributed by atoms with Gasteiger partial charge in [0.25, 0.3) is 0 Å². The van der Waals surface area contributed by atoms with Crippen molar-refractivity contribution in [2.45, 2.75) is 264 Å². The number of piperidine rings is 1. The van der Waals surface area contributed by atoms with E-state index in [1.54, 1.807) is 0 Å². The molecule has 1 aliphatic heterocycles. The zero-order chi connectivity index (χ0) is 32.9. The van der Waals surface area contributed by atoms with Crippen LogP contribution >= 0.6 is 0 Å². The maximum absolute atomic E-state index is 2.31. The molecule has 1 aliphatic rings. The Kier molecular flexibility index (Phi) is 41.2.